The van der Waals surface area contributed by atoms with E-state index >= 15 is 0 Å². The van der Waals surface area contributed by atoms with E-state index in [0.717, 1.165) is 5.56 Å². The van der Waals surface area contributed by atoms with Gasteiger partial charge < -0.3 is 0 Å². The van der Waals surface area contributed by atoms with E-state index in [1.807, 2.05) is 24.3 Å². The molecule has 0 fully saturated rings. The minimum absolute atomic E-state index is 0.111. The molecule has 82 valence electrons. The van der Waals surface area contributed by atoms with Crippen molar-refractivity contribution in [3.05, 3.63) is 35.9 Å². The molecule has 0 spiro atoms. The lowest BCUT2D eigenvalue weighted by molar-refractivity contribution is -0.109. The first-order chi connectivity index (χ1) is 7.72. The summed E-state index contributed by atoms with van der Waals surface area (Å²) in [6, 6.07) is 7.18. The van der Waals surface area contributed by atoms with Crippen molar-refractivity contribution in [3.63, 3.8) is 0 Å². The zero-order chi connectivity index (χ0) is 11.8. The molecule has 0 heterocycles. The Balaban J connectivity index is 2.54. The SMILES string of the molecule is CC(=O)SCC=Cc1ccc(N=C=O)cc1. The van der Waals surface area contributed by atoms with Gasteiger partial charge in [0.1, 0.15) is 0 Å². The van der Waals surface area contributed by atoms with E-state index in [9.17, 15) is 9.59 Å². The number of rotatable bonds is 4. The maximum Gasteiger partial charge on any atom is 0.240 e. The van der Waals surface area contributed by atoms with Crippen LogP contribution in [0.25, 0.3) is 6.08 Å². The highest BCUT2D eigenvalue weighted by molar-refractivity contribution is 8.13. The lowest BCUT2D eigenvalue weighted by atomic mass is 10.2. The number of carbonyl (C=O) groups is 1. The normalized spacial score (nSPS) is 10.1. The van der Waals surface area contributed by atoms with Gasteiger partial charge in [0.15, 0.2) is 5.12 Å². The van der Waals surface area contributed by atoms with E-state index in [-0.39, 0.29) is 5.12 Å². The zero-order valence-corrected chi connectivity index (χ0v) is 9.66. The number of hydrogen-bond acceptors (Lipinski definition) is 4. The lowest BCUT2D eigenvalue weighted by Crippen LogP contribution is -1.81. The second-order valence-corrected chi connectivity index (χ2v) is 4.20. The van der Waals surface area contributed by atoms with Gasteiger partial charge in [-0.05, 0) is 17.7 Å². The van der Waals surface area contributed by atoms with Crippen LogP contribution in [-0.4, -0.2) is 16.9 Å². The van der Waals surface area contributed by atoms with Crippen LogP contribution < -0.4 is 0 Å². The van der Waals surface area contributed by atoms with Crippen molar-refractivity contribution in [2.75, 3.05) is 5.75 Å². The van der Waals surface area contributed by atoms with Gasteiger partial charge in [-0.2, -0.15) is 4.99 Å². The third-order valence-electron chi connectivity index (χ3n) is 1.76. The lowest BCUT2D eigenvalue weighted by Gasteiger charge is -1.94. The second-order valence-electron chi connectivity index (χ2n) is 3.00. The first kappa shape index (κ1) is 12.4. The molecule has 0 N–H and O–H groups in total. The van der Waals surface area contributed by atoms with Gasteiger partial charge in [-0.1, -0.05) is 36.0 Å². The van der Waals surface area contributed by atoms with E-state index < -0.39 is 0 Å². The Morgan fingerprint density at radius 2 is 2.12 bits per heavy atom. The summed E-state index contributed by atoms with van der Waals surface area (Å²) in [5, 5.41) is 0.111. The Morgan fingerprint density at radius 1 is 1.44 bits per heavy atom. The average Bonchev–Trinajstić information content (AvgIpc) is 2.27. The van der Waals surface area contributed by atoms with Gasteiger partial charge in [-0.25, -0.2) is 4.79 Å². The van der Waals surface area contributed by atoms with E-state index in [0.29, 0.717) is 11.4 Å². The Bertz CT molecular complexity index is 431. The zero-order valence-electron chi connectivity index (χ0n) is 8.84. The van der Waals surface area contributed by atoms with Crippen LogP contribution in [0.4, 0.5) is 5.69 Å². The number of isocyanates is 1. The number of nitrogens with zero attached hydrogens (tertiary/aromatic N) is 1. The second kappa shape index (κ2) is 6.77. The number of benzene rings is 1. The Kier molecular flexibility index (Phi) is 5.26. The average molecular weight is 233 g/mol. The van der Waals surface area contributed by atoms with E-state index in [1.54, 1.807) is 19.1 Å². The molecule has 0 aliphatic carbocycles. The van der Waals surface area contributed by atoms with Gasteiger partial charge in [0.25, 0.3) is 0 Å². The molecule has 0 radical (unpaired) electrons. The van der Waals surface area contributed by atoms with Crippen LogP contribution in [0.1, 0.15) is 12.5 Å². The molecule has 0 amide bonds. The summed E-state index contributed by atoms with van der Waals surface area (Å²) in [6.07, 6.45) is 5.33. The monoisotopic (exact) mass is 233 g/mol. The molecule has 4 heteroatoms. The van der Waals surface area contributed by atoms with Gasteiger partial charge in [-0.15, -0.1) is 0 Å². The summed E-state index contributed by atoms with van der Waals surface area (Å²) in [7, 11) is 0. The van der Waals surface area contributed by atoms with Gasteiger partial charge in [0, 0.05) is 12.7 Å². The van der Waals surface area contributed by atoms with Crippen molar-refractivity contribution >= 4 is 34.7 Å². The molecule has 1 rings (SSSR count). The van der Waals surface area contributed by atoms with Crippen LogP contribution >= 0.6 is 11.8 Å². The number of aliphatic imine (C=N–C) groups is 1. The predicted octanol–water partition coefficient (Wildman–Crippen LogP) is 2.95. The fraction of sp³-hybridized carbons (Fsp3) is 0.167. The smallest absolute Gasteiger partial charge is 0.240 e. The van der Waals surface area contributed by atoms with E-state index in [1.165, 1.54) is 17.8 Å². The molecule has 0 aliphatic rings. The molecule has 0 atom stereocenters. The summed E-state index contributed by atoms with van der Waals surface area (Å²) >= 11 is 1.27. The van der Waals surface area contributed by atoms with Crippen LogP contribution in [0.15, 0.2) is 35.3 Å². The van der Waals surface area contributed by atoms with Gasteiger partial charge in [0.2, 0.25) is 6.08 Å². The maximum absolute atomic E-state index is 10.7. The molecule has 0 aliphatic heterocycles. The Morgan fingerprint density at radius 3 is 2.69 bits per heavy atom. The number of hydrogen-bond donors (Lipinski definition) is 0. The van der Waals surface area contributed by atoms with Crippen LogP contribution in [0.5, 0.6) is 0 Å². The number of carbonyl (C=O) groups excluding carboxylic acids is 2. The van der Waals surface area contributed by atoms with Crippen LogP contribution in [0.2, 0.25) is 0 Å². The summed E-state index contributed by atoms with van der Waals surface area (Å²) in [5.74, 6) is 0.670. The highest BCUT2D eigenvalue weighted by Crippen LogP contribution is 2.13. The molecule has 0 unspecified atom stereocenters. The number of thioether (sulfide) groups is 1. The molecule has 1 aromatic carbocycles. The topological polar surface area (TPSA) is 46.5 Å². The molecule has 0 saturated carbocycles. The van der Waals surface area contributed by atoms with Gasteiger partial charge >= 0.3 is 0 Å². The van der Waals surface area contributed by atoms with Crippen molar-refractivity contribution in [2.24, 2.45) is 4.99 Å². The van der Waals surface area contributed by atoms with Crippen LogP contribution in [0.3, 0.4) is 0 Å². The van der Waals surface area contributed by atoms with E-state index in [2.05, 4.69) is 4.99 Å². The van der Waals surface area contributed by atoms with Crippen molar-refractivity contribution < 1.29 is 9.59 Å². The quantitative estimate of drug-likeness (QED) is 0.593. The van der Waals surface area contributed by atoms with Crippen molar-refractivity contribution in [1.29, 1.82) is 0 Å². The molecule has 0 saturated heterocycles. The molecule has 3 nitrogen and oxygen atoms in total. The molecule has 0 bridgehead atoms. The summed E-state index contributed by atoms with van der Waals surface area (Å²) < 4.78 is 0. The molecule has 16 heavy (non-hydrogen) atoms. The highest BCUT2D eigenvalue weighted by Gasteiger charge is 1.91. The van der Waals surface area contributed by atoms with Crippen LogP contribution in [-0.2, 0) is 9.59 Å². The molecular formula is C12H11NO2S. The van der Waals surface area contributed by atoms with Crippen molar-refractivity contribution in [2.45, 2.75) is 6.92 Å². The highest BCUT2D eigenvalue weighted by atomic mass is 32.2. The molecule has 1 aromatic rings. The van der Waals surface area contributed by atoms with Crippen molar-refractivity contribution in [1.82, 2.24) is 0 Å². The standard InChI is InChI=1S/C12H11NO2S/c1-10(15)16-8-2-3-11-4-6-12(7-5-11)13-9-14/h2-7H,8H2,1H3. The fourth-order valence-corrected chi connectivity index (χ4v) is 1.49. The fourth-order valence-electron chi connectivity index (χ4n) is 1.06. The van der Waals surface area contributed by atoms with Gasteiger partial charge in [-0.3, -0.25) is 4.79 Å². The van der Waals surface area contributed by atoms with Crippen LogP contribution in [0, 0.1) is 0 Å². The third-order valence-corrected chi connectivity index (χ3v) is 2.53. The largest absolute Gasteiger partial charge is 0.288 e. The molecule has 0 aromatic heterocycles. The Labute approximate surface area is 98.3 Å². The van der Waals surface area contributed by atoms with Gasteiger partial charge in [0.05, 0.1) is 5.69 Å². The summed E-state index contributed by atoms with van der Waals surface area (Å²) in [4.78, 5) is 24.1. The predicted molar refractivity (Wildman–Crippen MR) is 66.4 cm³/mol. The third kappa shape index (κ3) is 4.73. The minimum Gasteiger partial charge on any atom is -0.288 e. The van der Waals surface area contributed by atoms with Crippen molar-refractivity contribution in [3.8, 4) is 0 Å². The minimum atomic E-state index is 0.111. The first-order valence-corrected chi connectivity index (χ1v) is 5.69. The Hall–Kier alpha value is -1.64. The first-order valence-electron chi connectivity index (χ1n) is 4.70. The summed E-state index contributed by atoms with van der Waals surface area (Å²) in [5.41, 5.74) is 1.60. The summed E-state index contributed by atoms with van der Waals surface area (Å²) in [6.45, 7) is 1.55. The maximum atomic E-state index is 10.7. The van der Waals surface area contributed by atoms with E-state index in [4.69, 9.17) is 0 Å². The molecular weight excluding hydrogens is 222 g/mol.